The Morgan fingerprint density at radius 2 is 1.85 bits per heavy atom. The maximum absolute atomic E-state index is 12.8. The number of azo groups is 1. The summed E-state index contributed by atoms with van der Waals surface area (Å²) < 4.78 is 34.6. The van der Waals surface area contributed by atoms with Gasteiger partial charge in [-0.2, -0.15) is 23.4 Å². The van der Waals surface area contributed by atoms with Crippen molar-refractivity contribution in [2.75, 3.05) is 11.1 Å². The Morgan fingerprint density at radius 3 is 2.53 bits per heavy atom. The van der Waals surface area contributed by atoms with Crippen LogP contribution in [0.25, 0.3) is 5.69 Å². The molecule has 15 heteroatoms. The van der Waals surface area contributed by atoms with Crippen LogP contribution < -0.4 is 16.6 Å². The van der Waals surface area contributed by atoms with Gasteiger partial charge in [-0.3, -0.25) is 14.4 Å². The van der Waals surface area contributed by atoms with Crippen molar-refractivity contribution in [3.8, 4) is 5.69 Å². The van der Waals surface area contributed by atoms with Crippen LogP contribution in [0.1, 0.15) is 5.69 Å². The first kappa shape index (κ1) is 23.0. The molecule has 0 aliphatic heterocycles. The molecule has 174 valence electrons. The van der Waals surface area contributed by atoms with Crippen LogP contribution >= 0.6 is 11.6 Å². The number of hydrogen-bond donors (Lipinski definition) is 4. The smallest absolute Gasteiger partial charge is 0.299 e. The zero-order chi connectivity index (χ0) is 24.5. The Bertz CT molecular complexity index is 1550. The maximum Gasteiger partial charge on any atom is 0.299 e. The Kier molecular flexibility index (Phi) is 6.10. The third kappa shape index (κ3) is 4.93. The molecule has 0 saturated carbocycles. The number of hydrogen-bond acceptors (Lipinski definition) is 10. The average molecular weight is 502 g/mol. The van der Waals surface area contributed by atoms with Gasteiger partial charge >= 0.3 is 0 Å². The molecule has 0 spiro atoms. The van der Waals surface area contributed by atoms with E-state index in [1.807, 2.05) is 6.07 Å². The van der Waals surface area contributed by atoms with Crippen LogP contribution in [0, 0.1) is 6.92 Å². The summed E-state index contributed by atoms with van der Waals surface area (Å²) in [6, 6.07) is 12.5. The molecule has 0 radical (unpaired) electrons. The van der Waals surface area contributed by atoms with Crippen molar-refractivity contribution in [3.05, 3.63) is 69.9 Å². The number of anilines is 3. The zero-order valence-electron chi connectivity index (χ0n) is 17.3. The first-order valence-electron chi connectivity index (χ1n) is 9.46. The molecule has 0 fully saturated rings. The number of benzene rings is 2. The van der Waals surface area contributed by atoms with Gasteiger partial charge in [-0.05, 0) is 48.9 Å². The normalized spacial score (nSPS) is 11.7. The minimum Gasteiger partial charge on any atom is -0.368 e. The van der Waals surface area contributed by atoms with Crippen LogP contribution in [-0.4, -0.2) is 37.7 Å². The standard InChI is InChI=1S/C19H16ClN9O4S/c1-10-15(16(30)29(28-10)12-5-3-2-4-6-12)27-26-13-9-11(7-8-14(13)34(31,32)33)22-19-24-17(20)23-18(21)25-19/h2-9,28H,1H3,(H,31,32,33)(H3,21,22,23,24,25). The van der Waals surface area contributed by atoms with Crippen LogP contribution in [-0.2, 0) is 10.1 Å². The minimum absolute atomic E-state index is 0.00720. The summed E-state index contributed by atoms with van der Waals surface area (Å²) in [5, 5.41) is 13.4. The molecule has 2 heterocycles. The minimum atomic E-state index is -4.65. The largest absolute Gasteiger partial charge is 0.368 e. The summed E-state index contributed by atoms with van der Waals surface area (Å²) in [5.41, 5.74) is 6.01. The molecule has 4 rings (SSSR count). The molecule has 0 unspecified atom stereocenters. The number of halogens is 1. The predicted octanol–water partition coefficient (Wildman–Crippen LogP) is 3.30. The van der Waals surface area contributed by atoms with Gasteiger partial charge in [0.25, 0.3) is 15.7 Å². The summed E-state index contributed by atoms with van der Waals surface area (Å²) in [5.74, 6) is -0.137. The number of nitrogen functional groups attached to an aromatic ring is 1. The first-order valence-corrected chi connectivity index (χ1v) is 11.3. The molecule has 2 aromatic carbocycles. The number of H-pyrrole nitrogens is 1. The zero-order valence-corrected chi connectivity index (χ0v) is 18.9. The number of rotatable bonds is 6. The van der Waals surface area contributed by atoms with Crippen LogP contribution in [0.3, 0.4) is 0 Å². The van der Waals surface area contributed by atoms with Crippen LogP contribution in [0.5, 0.6) is 0 Å². The lowest BCUT2D eigenvalue weighted by atomic mass is 10.3. The monoisotopic (exact) mass is 501 g/mol. The average Bonchev–Trinajstić information content (AvgIpc) is 3.05. The van der Waals surface area contributed by atoms with E-state index in [1.165, 1.54) is 16.8 Å². The Balaban J connectivity index is 1.74. The molecule has 13 nitrogen and oxygen atoms in total. The fourth-order valence-corrected chi connectivity index (χ4v) is 3.73. The van der Waals surface area contributed by atoms with Gasteiger partial charge in [-0.25, -0.2) is 4.68 Å². The molecule has 0 amide bonds. The van der Waals surface area contributed by atoms with E-state index in [4.69, 9.17) is 17.3 Å². The lowest BCUT2D eigenvalue weighted by molar-refractivity contribution is 0.483. The van der Waals surface area contributed by atoms with Gasteiger partial charge in [0, 0.05) is 5.69 Å². The number of nitrogens with zero attached hydrogens (tertiary/aromatic N) is 6. The van der Waals surface area contributed by atoms with Crippen LogP contribution in [0.4, 0.5) is 29.0 Å². The van der Waals surface area contributed by atoms with Crippen molar-refractivity contribution < 1.29 is 13.0 Å². The second kappa shape index (κ2) is 9.01. The number of aromatic nitrogens is 5. The van der Waals surface area contributed by atoms with Crippen molar-refractivity contribution in [2.24, 2.45) is 10.2 Å². The summed E-state index contributed by atoms with van der Waals surface area (Å²) in [6.07, 6.45) is 0. The van der Waals surface area contributed by atoms with Crippen LogP contribution in [0.15, 0.2) is 68.4 Å². The number of nitrogens with two attached hydrogens (primary N) is 1. The summed E-state index contributed by atoms with van der Waals surface area (Å²) in [7, 11) is -4.65. The molecule has 0 atom stereocenters. The highest BCUT2D eigenvalue weighted by Crippen LogP contribution is 2.30. The molecule has 34 heavy (non-hydrogen) atoms. The Hall–Kier alpha value is -4.14. The van der Waals surface area contributed by atoms with E-state index in [-0.39, 0.29) is 34.2 Å². The van der Waals surface area contributed by atoms with E-state index in [0.717, 1.165) is 6.07 Å². The first-order chi connectivity index (χ1) is 16.1. The lowest BCUT2D eigenvalue weighted by Gasteiger charge is -2.08. The summed E-state index contributed by atoms with van der Waals surface area (Å²) in [4.78, 5) is 23.7. The third-order valence-electron chi connectivity index (χ3n) is 4.43. The number of aromatic amines is 1. The van der Waals surface area contributed by atoms with E-state index in [2.05, 4.69) is 35.6 Å². The van der Waals surface area contributed by atoms with Gasteiger partial charge in [0.1, 0.15) is 10.6 Å². The molecule has 0 aliphatic rings. The van der Waals surface area contributed by atoms with E-state index in [9.17, 15) is 17.8 Å². The van der Waals surface area contributed by atoms with Crippen molar-refractivity contribution in [1.29, 1.82) is 0 Å². The van der Waals surface area contributed by atoms with E-state index in [0.29, 0.717) is 11.4 Å². The number of aryl methyl sites for hydroxylation is 1. The highest BCUT2D eigenvalue weighted by molar-refractivity contribution is 7.86. The molecule has 0 bridgehead atoms. The SMILES string of the molecule is Cc1[nH]n(-c2ccccc2)c(=O)c1N=Nc1cc(Nc2nc(N)nc(Cl)n2)ccc1S(=O)(=O)O. The van der Waals surface area contributed by atoms with Crippen molar-refractivity contribution in [1.82, 2.24) is 24.7 Å². The van der Waals surface area contributed by atoms with Gasteiger partial charge in [0.05, 0.1) is 11.4 Å². The van der Waals surface area contributed by atoms with E-state index in [1.54, 1.807) is 31.2 Å². The van der Waals surface area contributed by atoms with Gasteiger partial charge in [-0.15, -0.1) is 10.2 Å². The fourth-order valence-electron chi connectivity index (χ4n) is 2.96. The Labute approximate surface area is 197 Å². The quantitative estimate of drug-likeness (QED) is 0.226. The fraction of sp³-hybridized carbons (Fsp3) is 0.0526. The van der Waals surface area contributed by atoms with Crippen molar-refractivity contribution in [2.45, 2.75) is 11.8 Å². The summed E-state index contributed by atoms with van der Waals surface area (Å²) in [6.45, 7) is 1.62. The molecular formula is C19H16ClN9O4S. The van der Waals surface area contributed by atoms with E-state index < -0.39 is 20.6 Å². The molecular weight excluding hydrogens is 486 g/mol. The van der Waals surface area contributed by atoms with Gasteiger partial charge in [0.2, 0.25) is 17.2 Å². The maximum atomic E-state index is 12.8. The van der Waals surface area contributed by atoms with E-state index >= 15 is 0 Å². The second-order valence-electron chi connectivity index (χ2n) is 6.83. The molecule has 5 N–H and O–H groups in total. The number of para-hydroxylation sites is 1. The number of nitrogens with one attached hydrogen (secondary N) is 2. The topological polar surface area (TPSA) is 194 Å². The highest BCUT2D eigenvalue weighted by atomic mass is 35.5. The van der Waals surface area contributed by atoms with Gasteiger partial charge in [0.15, 0.2) is 5.69 Å². The lowest BCUT2D eigenvalue weighted by Crippen LogP contribution is -2.13. The third-order valence-corrected chi connectivity index (χ3v) is 5.50. The highest BCUT2D eigenvalue weighted by Gasteiger charge is 2.18. The van der Waals surface area contributed by atoms with Crippen molar-refractivity contribution >= 4 is 50.7 Å². The molecule has 0 aliphatic carbocycles. The Morgan fingerprint density at radius 1 is 1.12 bits per heavy atom. The van der Waals surface area contributed by atoms with Crippen molar-refractivity contribution in [3.63, 3.8) is 0 Å². The molecule has 4 aromatic rings. The summed E-state index contributed by atoms with van der Waals surface area (Å²) >= 11 is 5.76. The van der Waals surface area contributed by atoms with Gasteiger partial charge in [-0.1, -0.05) is 18.2 Å². The molecule has 0 saturated heterocycles. The predicted molar refractivity (Wildman–Crippen MR) is 124 cm³/mol. The second-order valence-corrected chi connectivity index (χ2v) is 8.56. The van der Waals surface area contributed by atoms with Gasteiger partial charge < -0.3 is 11.1 Å². The molecule has 2 aromatic heterocycles. The van der Waals surface area contributed by atoms with Crippen LogP contribution in [0.2, 0.25) is 5.28 Å².